The summed E-state index contributed by atoms with van der Waals surface area (Å²) in [4.78, 5) is 2.49. The van der Waals surface area contributed by atoms with Gasteiger partial charge in [0.25, 0.3) is 0 Å². The lowest BCUT2D eigenvalue weighted by Gasteiger charge is -2.28. The normalized spacial score (nSPS) is 24.5. The number of fused-ring (bicyclic) bond motifs is 2. The third kappa shape index (κ3) is 2.88. The van der Waals surface area contributed by atoms with E-state index in [4.69, 9.17) is 0 Å². The minimum absolute atomic E-state index is 0.337. The second kappa shape index (κ2) is 6.61. The van der Waals surface area contributed by atoms with Crippen molar-refractivity contribution in [1.29, 1.82) is 0 Å². The minimum atomic E-state index is 0.337. The van der Waals surface area contributed by atoms with Gasteiger partial charge >= 0.3 is 0 Å². The highest BCUT2D eigenvalue weighted by molar-refractivity contribution is 5.93. The van der Waals surface area contributed by atoms with E-state index in [2.05, 4.69) is 75.0 Å². The van der Waals surface area contributed by atoms with Gasteiger partial charge in [0.15, 0.2) is 5.82 Å². The van der Waals surface area contributed by atoms with Gasteiger partial charge in [0.2, 0.25) is 0 Å². The van der Waals surface area contributed by atoms with Crippen LogP contribution in [0.15, 0.2) is 54.6 Å². The van der Waals surface area contributed by atoms with E-state index in [1.54, 1.807) is 0 Å². The molecular weight excluding hydrogens is 332 g/mol. The number of aryl methyl sites for hydroxylation is 2. The number of nitrogens with zero attached hydrogens (tertiary/aromatic N) is 3. The molecule has 138 valence electrons. The number of nitrogens with one attached hydrogen (secondary N) is 1. The average Bonchev–Trinajstić information content (AvgIpc) is 3.25. The van der Waals surface area contributed by atoms with Crippen molar-refractivity contribution >= 4 is 16.6 Å². The number of anilines is 1. The highest BCUT2D eigenvalue weighted by Crippen LogP contribution is 2.44. The Kier molecular flexibility index (Phi) is 4.09. The molecule has 3 heterocycles. The summed E-state index contributed by atoms with van der Waals surface area (Å²) in [5.74, 6) is 1.74. The lowest BCUT2D eigenvalue weighted by molar-refractivity contribution is 0.275. The molecule has 4 nitrogen and oxygen atoms in total. The number of hydrogen-bond acceptors (Lipinski definition) is 4. The second-order valence-corrected chi connectivity index (χ2v) is 8.21. The third-order valence-electron chi connectivity index (χ3n) is 6.59. The van der Waals surface area contributed by atoms with Gasteiger partial charge in [-0.1, -0.05) is 54.6 Å². The monoisotopic (exact) mass is 358 g/mol. The third-order valence-corrected chi connectivity index (χ3v) is 6.59. The van der Waals surface area contributed by atoms with Crippen LogP contribution < -0.4 is 10.2 Å². The van der Waals surface area contributed by atoms with Crippen LogP contribution in [-0.2, 0) is 6.42 Å². The van der Waals surface area contributed by atoms with Crippen molar-refractivity contribution in [2.24, 2.45) is 11.3 Å². The maximum absolute atomic E-state index is 4.62. The molecule has 3 aromatic rings. The molecule has 1 aromatic heterocycles. The molecule has 2 aromatic carbocycles. The molecule has 2 aliphatic rings. The molecule has 27 heavy (non-hydrogen) atoms. The summed E-state index contributed by atoms with van der Waals surface area (Å²) in [6, 6.07) is 19.4. The molecule has 0 amide bonds. The Morgan fingerprint density at radius 3 is 2.67 bits per heavy atom. The SMILES string of the molecule is Cc1nnc(N2CC3CNCC3(CCc3ccccc3)C2)c2ccccc12. The zero-order valence-corrected chi connectivity index (χ0v) is 15.9. The molecule has 2 unspecified atom stereocenters. The predicted octanol–water partition coefficient (Wildman–Crippen LogP) is 3.60. The largest absolute Gasteiger partial charge is 0.354 e. The van der Waals surface area contributed by atoms with Gasteiger partial charge in [-0.15, -0.1) is 5.10 Å². The minimum Gasteiger partial charge on any atom is -0.354 e. The fourth-order valence-corrected chi connectivity index (χ4v) is 5.04. The quantitative estimate of drug-likeness (QED) is 0.774. The van der Waals surface area contributed by atoms with Gasteiger partial charge in [0, 0.05) is 42.4 Å². The van der Waals surface area contributed by atoms with E-state index in [9.17, 15) is 0 Å². The number of aromatic nitrogens is 2. The van der Waals surface area contributed by atoms with Crippen molar-refractivity contribution in [2.75, 3.05) is 31.1 Å². The standard InChI is InChI=1S/C23H26N4/c1-17-20-9-5-6-10-21(20)22(26-25-17)27-14-19-13-24-15-23(19,16-27)12-11-18-7-3-2-4-8-18/h2-10,19,24H,11-16H2,1H3. The Morgan fingerprint density at radius 2 is 1.81 bits per heavy atom. The number of hydrogen-bond donors (Lipinski definition) is 1. The second-order valence-electron chi connectivity index (χ2n) is 8.21. The molecule has 0 bridgehead atoms. The Balaban J connectivity index is 1.43. The van der Waals surface area contributed by atoms with E-state index in [0.29, 0.717) is 11.3 Å². The average molecular weight is 358 g/mol. The van der Waals surface area contributed by atoms with Crippen LogP contribution in [-0.4, -0.2) is 36.4 Å². The molecule has 0 spiro atoms. The van der Waals surface area contributed by atoms with E-state index < -0.39 is 0 Å². The van der Waals surface area contributed by atoms with Crippen molar-refractivity contribution in [1.82, 2.24) is 15.5 Å². The summed E-state index contributed by atoms with van der Waals surface area (Å²) in [6.07, 6.45) is 2.37. The molecule has 2 fully saturated rings. The van der Waals surface area contributed by atoms with Crippen LogP contribution in [0.3, 0.4) is 0 Å². The first-order chi connectivity index (χ1) is 13.3. The van der Waals surface area contributed by atoms with Gasteiger partial charge in [0.1, 0.15) is 0 Å². The molecule has 0 radical (unpaired) electrons. The lowest BCUT2D eigenvalue weighted by atomic mass is 9.76. The topological polar surface area (TPSA) is 41.1 Å². The Labute approximate surface area is 160 Å². The predicted molar refractivity (Wildman–Crippen MR) is 110 cm³/mol. The molecule has 2 atom stereocenters. The van der Waals surface area contributed by atoms with Crippen molar-refractivity contribution < 1.29 is 0 Å². The van der Waals surface area contributed by atoms with Crippen molar-refractivity contribution in [3.63, 3.8) is 0 Å². The van der Waals surface area contributed by atoms with Crippen LogP contribution in [0.25, 0.3) is 10.8 Å². The summed E-state index contributed by atoms with van der Waals surface area (Å²) in [5.41, 5.74) is 2.79. The summed E-state index contributed by atoms with van der Waals surface area (Å²) in [6.45, 7) is 6.41. The number of benzene rings is 2. The first kappa shape index (κ1) is 16.7. The summed E-state index contributed by atoms with van der Waals surface area (Å²) >= 11 is 0. The van der Waals surface area contributed by atoms with Gasteiger partial charge in [-0.05, 0) is 31.2 Å². The zero-order valence-electron chi connectivity index (χ0n) is 15.9. The van der Waals surface area contributed by atoms with E-state index in [1.807, 2.05) is 6.92 Å². The van der Waals surface area contributed by atoms with E-state index >= 15 is 0 Å². The molecule has 5 rings (SSSR count). The van der Waals surface area contributed by atoms with Crippen LogP contribution in [0.5, 0.6) is 0 Å². The van der Waals surface area contributed by atoms with Gasteiger partial charge in [-0.2, -0.15) is 5.10 Å². The summed E-state index contributed by atoms with van der Waals surface area (Å²) in [5, 5.41) is 15.2. The first-order valence-electron chi connectivity index (χ1n) is 9.97. The van der Waals surface area contributed by atoms with Gasteiger partial charge in [-0.3, -0.25) is 0 Å². The van der Waals surface area contributed by atoms with E-state index in [0.717, 1.165) is 44.1 Å². The van der Waals surface area contributed by atoms with Crippen molar-refractivity contribution in [3.05, 3.63) is 65.9 Å². The van der Waals surface area contributed by atoms with Gasteiger partial charge < -0.3 is 10.2 Å². The molecule has 2 saturated heterocycles. The van der Waals surface area contributed by atoms with E-state index in [-0.39, 0.29) is 0 Å². The highest BCUT2D eigenvalue weighted by Gasteiger charge is 2.49. The smallest absolute Gasteiger partial charge is 0.159 e. The summed E-state index contributed by atoms with van der Waals surface area (Å²) in [7, 11) is 0. The molecule has 0 aliphatic carbocycles. The Bertz CT molecular complexity index is 955. The van der Waals surface area contributed by atoms with Crippen LogP contribution in [0, 0.1) is 18.3 Å². The van der Waals surface area contributed by atoms with Crippen molar-refractivity contribution in [2.45, 2.75) is 19.8 Å². The molecule has 4 heteroatoms. The maximum Gasteiger partial charge on any atom is 0.159 e. The first-order valence-corrected chi connectivity index (χ1v) is 9.97. The Morgan fingerprint density at radius 1 is 1.04 bits per heavy atom. The maximum atomic E-state index is 4.62. The van der Waals surface area contributed by atoms with Gasteiger partial charge in [0.05, 0.1) is 5.69 Å². The fraction of sp³-hybridized carbons (Fsp3) is 0.391. The van der Waals surface area contributed by atoms with Crippen molar-refractivity contribution in [3.8, 4) is 0 Å². The van der Waals surface area contributed by atoms with Gasteiger partial charge in [-0.25, -0.2) is 0 Å². The van der Waals surface area contributed by atoms with Crippen LogP contribution >= 0.6 is 0 Å². The lowest BCUT2D eigenvalue weighted by Crippen LogP contribution is -2.33. The van der Waals surface area contributed by atoms with E-state index in [1.165, 1.54) is 22.8 Å². The summed E-state index contributed by atoms with van der Waals surface area (Å²) < 4.78 is 0. The number of rotatable bonds is 4. The zero-order chi connectivity index (χ0) is 18.3. The Hall–Kier alpha value is -2.46. The molecular formula is C23H26N4. The fourth-order valence-electron chi connectivity index (χ4n) is 5.04. The van der Waals surface area contributed by atoms with Crippen LogP contribution in [0.1, 0.15) is 17.7 Å². The molecule has 2 aliphatic heterocycles. The highest BCUT2D eigenvalue weighted by atomic mass is 15.3. The van der Waals surface area contributed by atoms with Crippen LogP contribution in [0.2, 0.25) is 0 Å². The molecule has 1 N–H and O–H groups in total. The molecule has 0 saturated carbocycles. The van der Waals surface area contributed by atoms with Crippen LogP contribution in [0.4, 0.5) is 5.82 Å².